The fourth-order valence-electron chi connectivity index (χ4n) is 3.93. The van der Waals surface area contributed by atoms with Gasteiger partial charge in [0.2, 0.25) is 0 Å². The van der Waals surface area contributed by atoms with Crippen molar-refractivity contribution in [3.8, 4) is 0 Å². The van der Waals surface area contributed by atoms with E-state index in [1.165, 1.54) is 64.6 Å². The molecule has 1 heterocycles. The summed E-state index contributed by atoms with van der Waals surface area (Å²) >= 11 is 0. The smallest absolute Gasteiger partial charge is 0.0224 e. The van der Waals surface area contributed by atoms with Gasteiger partial charge in [0.25, 0.3) is 0 Å². The van der Waals surface area contributed by atoms with Crippen LogP contribution in [0, 0.1) is 11.8 Å². The molecule has 0 spiro atoms. The van der Waals surface area contributed by atoms with Crippen LogP contribution in [0.15, 0.2) is 0 Å². The normalized spacial score (nSPS) is 30.9. The van der Waals surface area contributed by atoms with E-state index in [4.69, 9.17) is 0 Å². The van der Waals surface area contributed by atoms with Crippen LogP contribution in [0.3, 0.4) is 0 Å². The third-order valence-electron chi connectivity index (χ3n) is 5.60. The molecule has 1 aliphatic carbocycles. The van der Waals surface area contributed by atoms with Gasteiger partial charge in [-0.3, -0.25) is 4.90 Å². The topological polar surface area (TPSA) is 15.3 Å². The van der Waals surface area contributed by atoms with Crippen LogP contribution in [-0.4, -0.2) is 36.6 Å². The van der Waals surface area contributed by atoms with Gasteiger partial charge in [-0.05, 0) is 31.6 Å². The lowest BCUT2D eigenvalue weighted by atomic mass is 9.82. The molecule has 2 heteroatoms. The highest BCUT2D eigenvalue weighted by atomic mass is 15.2. The first-order valence-corrected chi connectivity index (χ1v) is 8.72. The Balaban J connectivity index is 1.87. The summed E-state index contributed by atoms with van der Waals surface area (Å²) in [6.07, 6.45) is 9.99. The van der Waals surface area contributed by atoms with Crippen molar-refractivity contribution >= 4 is 0 Å². The van der Waals surface area contributed by atoms with Gasteiger partial charge in [0.05, 0.1) is 0 Å². The van der Waals surface area contributed by atoms with Crippen molar-refractivity contribution in [2.45, 2.75) is 77.8 Å². The molecule has 2 atom stereocenters. The highest BCUT2D eigenvalue weighted by Crippen LogP contribution is 2.28. The largest absolute Gasteiger partial charge is 0.311 e. The average Bonchev–Trinajstić information content (AvgIpc) is 2.47. The summed E-state index contributed by atoms with van der Waals surface area (Å²) in [6, 6.07) is 1.49. The van der Waals surface area contributed by atoms with Gasteiger partial charge in [-0.25, -0.2) is 0 Å². The molecule has 1 saturated carbocycles. The van der Waals surface area contributed by atoms with Gasteiger partial charge in [-0.15, -0.1) is 0 Å². The van der Waals surface area contributed by atoms with Crippen molar-refractivity contribution in [3.63, 3.8) is 0 Å². The molecule has 1 N–H and O–H groups in total. The second-order valence-corrected chi connectivity index (χ2v) is 6.90. The minimum atomic E-state index is 0.723. The summed E-state index contributed by atoms with van der Waals surface area (Å²) in [6.45, 7) is 10.9. The zero-order valence-corrected chi connectivity index (χ0v) is 13.3. The third kappa shape index (κ3) is 4.19. The van der Waals surface area contributed by atoms with E-state index in [1.807, 2.05) is 0 Å². The molecule has 1 aliphatic heterocycles. The summed E-state index contributed by atoms with van der Waals surface area (Å²) in [7, 11) is 0. The Labute approximate surface area is 120 Å². The van der Waals surface area contributed by atoms with Crippen LogP contribution in [0.4, 0.5) is 0 Å². The van der Waals surface area contributed by atoms with Crippen molar-refractivity contribution in [2.24, 2.45) is 11.8 Å². The number of hydrogen-bond donors (Lipinski definition) is 1. The molecule has 0 bridgehead atoms. The first kappa shape index (κ1) is 15.3. The minimum absolute atomic E-state index is 0.723. The van der Waals surface area contributed by atoms with Crippen LogP contribution >= 0.6 is 0 Å². The molecule has 2 rings (SSSR count). The monoisotopic (exact) mass is 266 g/mol. The van der Waals surface area contributed by atoms with Crippen LogP contribution in [0.5, 0.6) is 0 Å². The molecule has 2 nitrogen and oxygen atoms in total. The summed E-state index contributed by atoms with van der Waals surface area (Å²) in [5, 5.41) is 3.84. The van der Waals surface area contributed by atoms with E-state index in [1.54, 1.807) is 0 Å². The second-order valence-electron chi connectivity index (χ2n) is 6.90. The maximum absolute atomic E-state index is 3.84. The van der Waals surface area contributed by atoms with E-state index in [2.05, 4.69) is 31.0 Å². The SMILES string of the molecule is CCC(CC)CN1CC(C2CCCCC2)NCC1C. The van der Waals surface area contributed by atoms with E-state index in [0.717, 1.165) is 23.9 Å². The lowest BCUT2D eigenvalue weighted by Crippen LogP contribution is -2.58. The molecule has 2 aliphatic rings. The molecule has 0 aromatic rings. The number of piperazine rings is 1. The van der Waals surface area contributed by atoms with Gasteiger partial charge < -0.3 is 5.32 Å². The first-order chi connectivity index (χ1) is 9.24. The molecular formula is C17H34N2. The number of nitrogens with zero attached hydrogens (tertiary/aromatic N) is 1. The molecule has 0 radical (unpaired) electrons. The van der Waals surface area contributed by atoms with Crippen LogP contribution in [-0.2, 0) is 0 Å². The Morgan fingerprint density at radius 2 is 1.79 bits per heavy atom. The Morgan fingerprint density at radius 3 is 2.42 bits per heavy atom. The van der Waals surface area contributed by atoms with Gasteiger partial charge in [-0.2, -0.15) is 0 Å². The minimum Gasteiger partial charge on any atom is -0.311 e. The average molecular weight is 266 g/mol. The maximum Gasteiger partial charge on any atom is 0.0224 e. The summed E-state index contributed by atoms with van der Waals surface area (Å²) in [5.41, 5.74) is 0. The summed E-state index contributed by atoms with van der Waals surface area (Å²) < 4.78 is 0. The molecule has 0 aromatic heterocycles. The molecule has 1 saturated heterocycles. The third-order valence-corrected chi connectivity index (χ3v) is 5.60. The Hall–Kier alpha value is -0.0800. The summed E-state index contributed by atoms with van der Waals surface area (Å²) in [4.78, 5) is 2.77. The van der Waals surface area contributed by atoms with E-state index >= 15 is 0 Å². The molecule has 0 amide bonds. The Bertz CT molecular complexity index is 244. The van der Waals surface area contributed by atoms with Gasteiger partial charge >= 0.3 is 0 Å². The molecule has 0 aromatic carbocycles. The lowest BCUT2D eigenvalue weighted by molar-refractivity contribution is 0.0876. The van der Waals surface area contributed by atoms with Gasteiger partial charge in [-0.1, -0.05) is 46.0 Å². The first-order valence-electron chi connectivity index (χ1n) is 8.72. The van der Waals surface area contributed by atoms with Gasteiger partial charge in [0.1, 0.15) is 0 Å². The van der Waals surface area contributed by atoms with Crippen molar-refractivity contribution in [1.82, 2.24) is 10.2 Å². The predicted octanol–water partition coefficient (Wildman–Crippen LogP) is 3.67. The molecular weight excluding hydrogens is 232 g/mol. The quantitative estimate of drug-likeness (QED) is 0.817. The molecule has 112 valence electrons. The Kier molecular flexibility index (Phi) is 6.15. The zero-order valence-electron chi connectivity index (χ0n) is 13.3. The Morgan fingerprint density at radius 1 is 1.11 bits per heavy atom. The maximum atomic E-state index is 3.84. The highest BCUT2D eigenvalue weighted by Gasteiger charge is 2.31. The van der Waals surface area contributed by atoms with Crippen molar-refractivity contribution < 1.29 is 0 Å². The second kappa shape index (κ2) is 7.64. The zero-order chi connectivity index (χ0) is 13.7. The van der Waals surface area contributed by atoms with E-state index in [0.29, 0.717) is 0 Å². The molecule has 19 heavy (non-hydrogen) atoms. The van der Waals surface area contributed by atoms with E-state index in [-0.39, 0.29) is 0 Å². The van der Waals surface area contributed by atoms with Crippen LogP contribution in [0.25, 0.3) is 0 Å². The van der Waals surface area contributed by atoms with Gasteiger partial charge in [0.15, 0.2) is 0 Å². The fraction of sp³-hybridized carbons (Fsp3) is 1.00. The van der Waals surface area contributed by atoms with Gasteiger partial charge in [0, 0.05) is 31.7 Å². The summed E-state index contributed by atoms with van der Waals surface area (Å²) in [5.74, 6) is 1.85. The van der Waals surface area contributed by atoms with Crippen LogP contribution < -0.4 is 5.32 Å². The molecule has 2 unspecified atom stereocenters. The van der Waals surface area contributed by atoms with Crippen molar-refractivity contribution in [1.29, 1.82) is 0 Å². The van der Waals surface area contributed by atoms with Crippen LogP contribution in [0.1, 0.15) is 65.7 Å². The fourth-order valence-corrected chi connectivity index (χ4v) is 3.93. The van der Waals surface area contributed by atoms with Crippen molar-refractivity contribution in [3.05, 3.63) is 0 Å². The van der Waals surface area contributed by atoms with E-state index in [9.17, 15) is 0 Å². The highest BCUT2D eigenvalue weighted by molar-refractivity contribution is 4.89. The molecule has 2 fully saturated rings. The lowest BCUT2D eigenvalue weighted by Gasteiger charge is -2.44. The number of nitrogens with one attached hydrogen (secondary N) is 1. The van der Waals surface area contributed by atoms with Crippen molar-refractivity contribution in [2.75, 3.05) is 19.6 Å². The number of hydrogen-bond acceptors (Lipinski definition) is 2. The van der Waals surface area contributed by atoms with E-state index < -0.39 is 0 Å². The van der Waals surface area contributed by atoms with Crippen LogP contribution in [0.2, 0.25) is 0 Å². The number of rotatable bonds is 5. The predicted molar refractivity (Wildman–Crippen MR) is 83.5 cm³/mol. The standard InChI is InChI=1S/C17H34N2/c1-4-15(5-2)12-19-13-17(18-11-14(19)3)16-9-7-6-8-10-16/h14-18H,4-13H2,1-3H3.